The highest BCUT2D eigenvalue weighted by Crippen LogP contribution is 2.52. The number of hydrogen-bond donors (Lipinski definition) is 0. The lowest BCUT2D eigenvalue weighted by Gasteiger charge is -2.20. The zero-order chi connectivity index (χ0) is 20.7. The van der Waals surface area contributed by atoms with Gasteiger partial charge in [-0.1, -0.05) is 6.92 Å². The van der Waals surface area contributed by atoms with E-state index in [0.29, 0.717) is 35.5 Å². The predicted molar refractivity (Wildman–Crippen MR) is 107 cm³/mol. The largest absolute Gasteiger partial charge is 0.487 e. The summed E-state index contributed by atoms with van der Waals surface area (Å²) in [6, 6.07) is 2.51. The highest BCUT2D eigenvalue weighted by molar-refractivity contribution is 5.62. The summed E-state index contributed by atoms with van der Waals surface area (Å²) in [5.41, 5.74) is 2.04. The molecule has 8 heteroatoms. The van der Waals surface area contributed by atoms with Crippen molar-refractivity contribution in [2.45, 2.75) is 13.3 Å². The first-order chi connectivity index (χ1) is 14.6. The maximum Gasteiger partial charge on any atom is 0.225 e. The summed E-state index contributed by atoms with van der Waals surface area (Å²) in [5.74, 6) is 0.193. The summed E-state index contributed by atoms with van der Waals surface area (Å²) >= 11 is 0. The number of rotatable bonds is 6. The Hall–Kier alpha value is -3.16. The van der Waals surface area contributed by atoms with E-state index in [-0.39, 0.29) is 5.75 Å². The van der Waals surface area contributed by atoms with Crippen LogP contribution >= 0.6 is 0 Å². The Bertz CT molecular complexity index is 1010. The van der Waals surface area contributed by atoms with Gasteiger partial charge in [0.1, 0.15) is 6.33 Å². The van der Waals surface area contributed by atoms with E-state index in [1.54, 1.807) is 0 Å². The Kier molecular flexibility index (Phi) is 4.77. The minimum atomic E-state index is -0.717. The standard InChI is InChI=1S/C22H21F2N5O/c1-2-13-5-27-22(28-6-13)29-9-16-17(10-29)18(16)11-30-21-19(23)3-14(4-20(21)24)15-7-25-12-26-8-15/h3-8,12,16-18H,2,9-11H2,1H3/t16-,17+,18?. The lowest BCUT2D eigenvalue weighted by Crippen LogP contribution is -2.27. The number of benzene rings is 1. The van der Waals surface area contributed by atoms with E-state index in [0.717, 1.165) is 31.0 Å². The molecule has 30 heavy (non-hydrogen) atoms. The average Bonchev–Trinajstić information content (AvgIpc) is 3.22. The average molecular weight is 409 g/mol. The fraction of sp³-hybridized carbons (Fsp3) is 0.364. The van der Waals surface area contributed by atoms with E-state index in [1.165, 1.54) is 30.9 Å². The van der Waals surface area contributed by atoms with Crippen LogP contribution in [0.2, 0.25) is 0 Å². The fourth-order valence-electron chi connectivity index (χ4n) is 4.25. The molecule has 3 atom stereocenters. The van der Waals surface area contributed by atoms with Gasteiger partial charge in [0.2, 0.25) is 5.95 Å². The fourth-order valence-corrected chi connectivity index (χ4v) is 4.25. The molecule has 2 aromatic heterocycles. The van der Waals surface area contributed by atoms with Crippen LogP contribution in [0.25, 0.3) is 11.1 Å². The molecule has 2 aliphatic rings. The molecule has 1 aromatic carbocycles. The van der Waals surface area contributed by atoms with Crippen molar-refractivity contribution < 1.29 is 13.5 Å². The van der Waals surface area contributed by atoms with E-state index in [4.69, 9.17) is 4.74 Å². The van der Waals surface area contributed by atoms with E-state index in [2.05, 4.69) is 31.8 Å². The molecule has 6 nitrogen and oxygen atoms in total. The third-order valence-electron chi connectivity index (χ3n) is 6.07. The number of halogens is 2. The smallest absolute Gasteiger partial charge is 0.225 e. The van der Waals surface area contributed by atoms with Crippen molar-refractivity contribution in [3.63, 3.8) is 0 Å². The van der Waals surface area contributed by atoms with E-state index < -0.39 is 11.6 Å². The van der Waals surface area contributed by atoms with Gasteiger partial charge in [-0.05, 0) is 41.5 Å². The minimum absolute atomic E-state index is 0.303. The van der Waals surface area contributed by atoms with Crippen molar-refractivity contribution in [1.29, 1.82) is 0 Å². The zero-order valence-corrected chi connectivity index (χ0v) is 16.5. The van der Waals surface area contributed by atoms with Crippen LogP contribution < -0.4 is 9.64 Å². The van der Waals surface area contributed by atoms with E-state index in [9.17, 15) is 8.78 Å². The van der Waals surface area contributed by atoms with Crippen LogP contribution in [-0.2, 0) is 6.42 Å². The quantitative estimate of drug-likeness (QED) is 0.621. The molecule has 5 rings (SSSR count). The van der Waals surface area contributed by atoms with Gasteiger partial charge in [-0.15, -0.1) is 0 Å². The number of aromatic nitrogens is 4. The van der Waals surface area contributed by atoms with Crippen LogP contribution in [0.4, 0.5) is 14.7 Å². The van der Waals surface area contributed by atoms with Crippen molar-refractivity contribution in [2.75, 3.05) is 24.6 Å². The predicted octanol–water partition coefficient (Wildman–Crippen LogP) is 3.54. The molecule has 0 amide bonds. The van der Waals surface area contributed by atoms with E-state index >= 15 is 0 Å². The molecule has 0 radical (unpaired) electrons. The van der Waals surface area contributed by atoms with Gasteiger partial charge in [0, 0.05) is 49.4 Å². The number of anilines is 1. The molecule has 1 aliphatic heterocycles. The van der Waals surface area contributed by atoms with Gasteiger partial charge >= 0.3 is 0 Å². The highest BCUT2D eigenvalue weighted by Gasteiger charge is 2.56. The number of fused-ring (bicyclic) bond motifs is 1. The first kappa shape index (κ1) is 18.8. The van der Waals surface area contributed by atoms with Gasteiger partial charge in [0.05, 0.1) is 6.61 Å². The zero-order valence-electron chi connectivity index (χ0n) is 16.5. The van der Waals surface area contributed by atoms with Crippen molar-refractivity contribution >= 4 is 5.95 Å². The van der Waals surface area contributed by atoms with Crippen LogP contribution in [0.1, 0.15) is 12.5 Å². The maximum atomic E-state index is 14.5. The summed E-state index contributed by atoms with van der Waals surface area (Å²) in [4.78, 5) is 18.8. The van der Waals surface area contributed by atoms with Crippen LogP contribution in [0.5, 0.6) is 5.75 Å². The van der Waals surface area contributed by atoms with Crippen molar-refractivity contribution in [3.8, 4) is 16.9 Å². The molecule has 3 heterocycles. The van der Waals surface area contributed by atoms with Crippen molar-refractivity contribution in [3.05, 3.63) is 60.4 Å². The maximum absolute atomic E-state index is 14.5. The second-order valence-corrected chi connectivity index (χ2v) is 7.85. The highest BCUT2D eigenvalue weighted by atomic mass is 19.1. The molecular formula is C22H21F2N5O. The summed E-state index contributed by atoms with van der Waals surface area (Å²) in [6.07, 6.45) is 9.04. The van der Waals surface area contributed by atoms with Crippen molar-refractivity contribution in [1.82, 2.24) is 19.9 Å². The van der Waals surface area contributed by atoms with Gasteiger partial charge in [0.15, 0.2) is 17.4 Å². The van der Waals surface area contributed by atoms with Crippen LogP contribution in [0, 0.1) is 29.4 Å². The second kappa shape index (κ2) is 7.59. The van der Waals surface area contributed by atoms with Crippen LogP contribution in [-0.4, -0.2) is 39.6 Å². The van der Waals surface area contributed by atoms with Gasteiger partial charge in [-0.2, -0.15) is 0 Å². The number of ether oxygens (including phenoxy) is 1. The summed E-state index contributed by atoms with van der Waals surface area (Å²) < 4.78 is 34.5. The first-order valence-corrected chi connectivity index (χ1v) is 10.1. The van der Waals surface area contributed by atoms with Gasteiger partial charge in [-0.25, -0.2) is 28.7 Å². The van der Waals surface area contributed by atoms with Crippen LogP contribution in [0.3, 0.4) is 0 Å². The van der Waals surface area contributed by atoms with Gasteiger partial charge < -0.3 is 9.64 Å². The summed E-state index contributed by atoms with van der Waals surface area (Å²) in [7, 11) is 0. The van der Waals surface area contributed by atoms with Gasteiger partial charge in [-0.3, -0.25) is 0 Å². The molecule has 1 aliphatic carbocycles. The number of aryl methyl sites for hydroxylation is 1. The lowest BCUT2D eigenvalue weighted by atomic mass is 10.1. The third kappa shape index (κ3) is 3.46. The normalized spacial score (nSPS) is 22.1. The molecule has 0 spiro atoms. The SMILES string of the molecule is CCc1cnc(N2C[C@@H]3C(COc4c(F)cc(-c5cncnc5)cc4F)[C@@H]3C2)nc1. The van der Waals surface area contributed by atoms with Crippen LogP contribution in [0.15, 0.2) is 43.2 Å². The van der Waals surface area contributed by atoms with E-state index in [1.807, 2.05) is 12.4 Å². The lowest BCUT2D eigenvalue weighted by molar-refractivity contribution is 0.257. The molecular weight excluding hydrogens is 388 g/mol. The number of hydrogen-bond acceptors (Lipinski definition) is 6. The molecule has 1 unspecified atom stereocenters. The monoisotopic (exact) mass is 409 g/mol. The Labute approximate surface area is 173 Å². The Morgan fingerprint density at radius 3 is 2.20 bits per heavy atom. The molecule has 154 valence electrons. The van der Waals surface area contributed by atoms with Crippen molar-refractivity contribution in [2.24, 2.45) is 17.8 Å². The molecule has 0 N–H and O–H groups in total. The number of piperidine rings is 1. The molecule has 1 saturated carbocycles. The second-order valence-electron chi connectivity index (χ2n) is 7.85. The Morgan fingerprint density at radius 2 is 1.60 bits per heavy atom. The van der Waals surface area contributed by atoms with Gasteiger partial charge in [0.25, 0.3) is 0 Å². The Morgan fingerprint density at radius 1 is 0.967 bits per heavy atom. The minimum Gasteiger partial charge on any atom is -0.487 e. The third-order valence-corrected chi connectivity index (χ3v) is 6.07. The topological polar surface area (TPSA) is 64.0 Å². The molecule has 1 saturated heterocycles. The molecule has 2 fully saturated rings. The summed E-state index contributed by atoms with van der Waals surface area (Å²) in [5, 5.41) is 0. The summed E-state index contributed by atoms with van der Waals surface area (Å²) in [6.45, 7) is 4.08. The first-order valence-electron chi connectivity index (χ1n) is 10.1. The Balaban J connectivity index is 1.19. The number of nitrogens with zero attached hydrogens (tertiary/aromatic N) is 5. The molecule has 0 bridgehead atoms. The molecule has 3 aromatic rings.